The second-order valence-electron chi connectivity index (χ2n) is 5.69. The lowest BCUT2D eigenvalue weighted by atomic mass is 9.76. The molecular formula is C16H16N2O3. The molecule has 4 rings (SSSR count). The molecule has 5 heteroatoms. The number of para-hydroxylation sites is 1. The van der Waals surface area contributed by atoms with Crippen LogP contribution < -0.4 is 4.90 Å². The summed E-state index contributed by atoms with van der Waals surface area (Å²) in [4.78, 5) is 14.5. The molecule has 2 aliphatic rings. The van der Waals surface area contributed by atoms with E-state index in [1.165, 1.54) is 11.8 Å². The van der Waals surface area contributed by atoms with Gasteiger partial charge in [-0.3, -0.25) is 4.79 Å². The Kier molecular flexibility index (Phi) is 2.82. The first-order chi connectivity index (χ1) is 10.3. The maximum atomic E-state index is 12.7. The van der Waals surface area contributed by atoms with Crippen molar-refractivity contribution in [2.24, 2.45) is 0 Å². The van der Waals surface area contributed by atoms with E-state index >= 15 is 0 Å². The van der Waals surface area contributed by atoms with E-state index in [4.69, 9.17) is 9.26 Å². The lowest BCUT2D eigenvalue weighted by molar-refractivity contribution is 0.0546. The van der Waals surface area contributed by atoms with Gasteiger partial charge in [0.25, 0.3) is 5.91 Å². The summed E-state index contributed by atoms with van der Waals surface area (Å²) in [5.74, 6) is -0.0976. The highest BCUT2D eigenvalue weighted by atomic mass is 16.5. The van der Waals surface area contributed by atoms with Gasteiger partial charge in [-0.05, 0) is 24.5 Å². The minimum absolute atomic E-state index is 0.0221. The van der Waals surface area contributed by atoms with E-state index in [-0.39, 0.29) is 11.3 Å². The van der Waals surface area contributed by atoms with Crippen LogP contribution in [0.25, 0.3) is 0 Å². The highest BCUT2D eigenvalue weighted by Crippen LogP contribution is 2.46. The van der Waals surface area contributed by atoms with E-state index in [0.717, 1.165) is 31.7 Å². The van der Waals surface area contributed by atoms with Crippen molar-refractivity contribution in [3.05, 3.63) is 47.9 Å². The highest BCUT2D eigenvalue weighted by molar-refractivity contribution is 6.06. The molecule has 0 radical (unpaired) electrons. The lowest BCUT2D eigenvalue weighted by Gasteiger charge is -2.34. The summed E-state index contributed by atoms with van der Waals surface area (Å²) in [5.41, 5.74) is 2.63. The number of benzene rings is 1. The van der Waals surface area contributed by atoms with Crippen molar-refractivity contribution in [3.63, 3.8) is 0 Å². The fourth-order valence-electron chi connectivity index (χ4n) is 3.46. The van der Waals surface area contributed by atoms with Gasteiger partial charge >= 0.3 is 0 Å². The average Bonchev–Trinajstić information content (AvgIpc) is 3.16. The Hall–Kier alpha value is -2.14. The first-order valence-corrected chi connectivity index (χ1v) is 7.20. The van der Waals surface area contributed by atoms with Crippen molar-refractivity contribution in [1.29, 1.82) is 0 Å². The van der Waals surface area contributed by atoms with Crippen LogP contribution in [0.3, 0.4) is 0 Å². The Labute approximate surface area is 122 Å². The molecule has 1 fully saturated rings. The summed E-state index contributed by atoms with van der Waals surface area (Å²) >= 11 is 0. The van der Waals surface area contributed by atoms with E-state index in [0.29, 0.717) is 12.2 Å². The van der Waals surface area contributed by atoms with Gasteiger partial charge in [-0.2, -0.15) is 0 Å². The minimum Gasteiger partial charge on any atom is -0.381 e. The first-order valence-electron chi connectivity index (χ1n) is 7.20. The Balaban J connectivity index is 1.76. The Morgan fingerprint density at radius 3 is 2.76 bits per heavy atom. The van der Waals surface area contributed by atoms with Gasteiger partial charge in [0.1, 0.15) is 6.26 Å². The minimum atomic E-state index is -0.0976. The number of hydrogen-bond donors (Lipinski definition) is 0. The summed E-state index contributed by atoms with van der Waals surface area (Å²) in [6.45, 7) is 2.20. The number of hydrogen-bond acceptors (Lipinski definition) is 4. The number of carbonyl (C=O) groups is 1. The van der Waals surface area contributed by atoms with Gasteiger partial charge in [-0.15, -0.1) is 0 Å². The summed E-state index contributed by atoms with van der Waals surface area (Å²) in [6.07, 6.45) is 3.33. The zero-order valence-corrected chi connectivity index (χ0v) is 11.6. The van der Waals surface area contributed by atoms with Crippen LogP contribution >= 0.6 is 0 Å². The molecule has 2 aromatic rings. The van der Waals surface area contributed by atoms with Gasteiger partial charge in [0.2, 0.25) is 0 Å². The summed E-state index contributed by atoms with van der Waals surface area (Å²) in [5, 5.41) is 3.78. The number of anilines is 1. The molecule has 0 unspecified atom stereocenters. The molecule has 1 saturated heterocycles. The fourth-order valence-corrected chi connectivity index (χ4v) is 3.46. The zero-order valence-electron chi connectivity index (χ0n) is 11.6. The predicted octanol–water partition coefficient (Wildman–Crippen LogP) is 2.38. The van der Waals surface area contributed by atoms with E-state index in [9.17, 15) is 4.79 Å². The molecule has 1 spiro atoms. The SMILES string of the molecule is O=C(c1ccon1)N1CC2(CCOCC2)c2ccccc21. The van der Waals surface area contributed by atoms with Crippen molar-refractivity contribution in [3.8, 4) is 0 Å². The molecule has 0 saturated carbocycles. The third-order valence-corrected chi connectivity index (χ3v) is 4.58. The van der Waals surface area contributed by atoms with Gasteiger partial charge in [0.05, 0.1) is 0 Å². The Morgan fingerprint density at radius 2 is 2.00 bits per heavy atom. The number of carbonyl (C=O) groups excluding carboxylic acids is 1. The lowest BCUT2D eigenvalue weighted by Crippen LogP contribution is -2.40. The summed E-state index contributed by atoms with van der Waals surface area (Å²) in [6, 6.07) is 9.77. The van der Waals surface area contributed by atoms with E-state index in [2.05, 4.69) is 11.2 Å². The molecular weight excluding hydrogens is 268 g/mol. The third kappa shape index (κ3) is 1.88. The predicted molar refractivity (Wildman–Crippen MR) is 76.4 cm³/mol. The normalized spacial score (nSPS) is 19.7. The van der Waals surface area contributed by atoms with Gasteiger partial charge in [0.15, 0.2) is 5.69 Å². The number of aromatic nitrogens is 1. The molecule has 0 aliphatic carbocycles. The molecule has 2 aliphatic heterocycles. The standard InChI is InChI=1S/C16H16N2O3/c19-15(13-5-8-21-17-13)18-11-16(6-9-20-10-7-16)12-3-1-2-4-14(12)18/h1-5,8H,6-7,9-11H2. The van der Waals surface area contributed by atoms with Crippen molar-refractivity contribution in [2.45, 2.75) is 18.3 Å². The molecule has 108 valence electrons. The number of amides is 1. The van der Waals surface area contributed by atoms with Crippen LogP contribution in [0.4, 0.5) is 5.69 Å². The quantitative estimate of drug-likeness (QED) is 0.807. The Bertz CT molecular complexity index is 660. The van der Waals surface area contributed by atoms with Crippen molar-refractivity contribution in [2.75, 3.05) is 24.7 Å². The van der Waals surface area contributed by atoms with Gasteiger partial charge in [0, 0.05) is 36.9 Å². The molecule has 0 bridgehead atoms. The van der Waals surface area contributed by atoms with Crippen LogP contribution in [0.1, 0.15) is 28.9 Å². The average molecular weight is 284 g/mol. The summed E-state index contributed by atoms with van der Waals surface area (Å²) in [7, 11) is 0. The fraction of sp³-hybridized carbons (Fsp3) is 0.375. The molecule has 3 heterocycles. The van der Waals surface area contributed by atoms with Crippen LogP contribution in [-0.4, -0.2) is 30.8 Å². The third-order valence-electron chi connectivity index (χ3n) is 4.58. The van der Waals surface area contributed by atoms with E-state index < -0.39 is 0 Å². The first kappa shape index (κ1) is 12.6. The van der Waals surface area contributed by atoms with Crippen LogP contribution in [0.2, 0.25) is 0 Å². The van der Waals surface area contributed by atoms with Gasteiger partial charge < -0.3 is 14.2 Å². The van der Waals surface area contributed by atoms with Gasteiger partial charge in [-0.1, -0.05) is 23.4 Å². The second kappa shape index (κ2) is 4.70. The van der Waals surface area contributed by atoms with Crippen molar-refractivity contribution < 1.29 is 14.1 Å². The molecule has 1 amide bonds. The molecule has 0 atom stereocenters. The maximum Gasteiger partial charge on any atom is 0.280 e. The molecule has 1 aromatic heterocycles. The largest absolute Gasteiger partial charge is 0.381 e. The zero-order chi connectivity index (χ0) is 14.3. The molecule has 1 aromatic carbocycles. The van der Waals surface area contributed by atoms with E-state index in [1.54, 1.807) is 6.07 Å². The molecule has 5 nitrogen and oxygen atoms in total. The van der Waals surface area contributed by atoms with Crippen molar-refractivity contribution >= 4 is 11.6 Å². The van der Waals surface area contributed by atoms with Crippen LogP contribution in [0.15, 0.2) is 41.1 Å². The van der Waals surface area contributed by atoms with E-state index in [1.807, 2.05) is 23.1 Å². The Morgan fingerprint density at radius 1 is 1.19 bits per heavy atom. The number of ether oxygens (including phenoxy) is 1. The van der Waals surface area contributed by atoms with Crippen LogP contribution in [0, 0.1) is 0 Å². The molecule has 0 N–H and O–H groups in total. The van der Waals surface area contributed by atoms with Gasteiger partial charge in [-0.25, -0.2) is 0 Å². The number of fused-ring (bicyclic) bond motifs is 2. The second-order valence-corrected chi connectivity index (χ2v) is 5.69. The number of rotatable bonds is 1. The smallest absolute Gasteiger partial charge is 0.280 e. The summed E-state index contributed by atoms with van der Waals surface area (Å²) < 4.78 is 10.3. The van der Waals surface area contributed by atoms with Crippen LogP contribution in [0.5, 0.6) is 0 Å². The maximum absolute atomic E-state index is 12.7. The van der Waals surface area contributed by atoms with Crippen molar-refractivity contribution in [1.82, 2.24) is 5.16 Å². The monoisotopic (exact) mass is 284 g/mol. The van der Waals surface area contributed by atoms with Crippen LogP contribution in [-0.2, 0) is 10.2 Å². The highest BCUT2D eigenvalue weighted by Gasteiger charge is 2.45. The molecule has 21 heavy (non-hydrogen) atoms. The topological polar surface area (TPSA) is 55.6 Å². The number of nitrogens with zero attached hydrogens (tertiary/aromatic N) is 2.